The van der Waals surface area contributed by atoms with E-state index in [1.165, 1.54) is 13.8 Å². The van der Waals surface area contributed by atoms with Gasteiger partial charge in [0.15, 0.2) is 11.6 Å². The molecule has 0 rings (SSSR count). The van der Waals surface area contributed by atoms with E-state index < -0.39 is 17.7 Å². The van der Waals surface area contributed by atoms with Gasteiger partial charge in [0.1, 0.15) is 11.6 Å². The first kappa shape index (κ1) is 16.1. The highest BCUT2D eigenvalue weighted by molar-refractivity contribution is 6.02. The Morgan fingerprint density at radius 1 is 0.867 bits per heavy atom. The van der Waals surface area contributed by atoms with Crippen molar-refractivity contribution < 1.29 is 23.6 Å². The van der Waals surface area contributed by atoms with Crippen LogP contribution in [0.2, 0.25) is 0 Å². The predicted octanol–water partition coefficient (Wildman–Crippen LogP) is 1.06. The molecule has 4 nitrogen and oxygen atoms in total. The highest BCUT2D eigenvalue weighted by atomic mass is 19.1. The van der Waals surface area contributed by atoms with E-state index in [9.17, 15) is 23.6 Å². The Morgan fingerprint density at radius 2 is 1.13 bits per heavy atom. The SMILES string of the molecule is CC(=O)C(F)C(C)=O.CC(=O)CC(C)=O. The first-order chi connectivity index (χ1) is 6.68. The van der Waals surface area contributed by atoms with Gasteiger partial charge >= 0.3 is 0 Å². The molecule has 0 bridgehead atoms. The second kappa shape index (κ2) is 7.96. The third-order valence-electron chi connectivity index (χ3n) is 1.21. The molecule has 86 valence electrons. The molecular weight excluding hydrogens is 203 g/mol. The number of ketones is 4. The van der Waals surface area contributed by atoms with Crippen molar-refractivity contribution in [2.24, 2.45) is 0 Å². The summed E-state index contributed by atoms with van der Waals surface area (Å²) in [7, 11) is 0. The van der Waals surface area contributed by atoms with Crippen LogP contribution in [0.1, 0.15) is 34.1 Å². The fourth-order valence-electron chi connectivity index (χ4n) is 0.637. The summed E-state index contributed by atoms with van der Waals surface area (Å²) in [5.74, 6) is -1.57. The standard InChI is InChI=1S/C5H7FO2.C5H8O2/c1-3(7)5(6)4(2)8;1-4(6)3-5(2)7/h5H,1-2H3;3H2,1-2H3. The smallest absolute Gasteiger partial charge is 0.215 e. The molecule has 0 saturated heterocycles. The minimum Gasteiger partial charge on any atom is -0.300 e. The number of carbonyl (C=O) groups excluding carboxylic acids is 4. The Kier molecular flexibility index (Phi) is 8.52. The minimum absolute atomic E-state index is 0.0625. The van der Waals surface area contributed by atoms with Gasteiger partial charge in [-0.2, -0.15) is 0 Å². The largest absolute Gasteiger partial charge is 0.300 e. The van der Waals surface area contributed by atoms with E-state index in [0.717, 1.165) is 13.8 Å². The van der Waals surface area contributed by atoms with Gasteiger partial charge in [0, 0.05) is 0 Å². The van der Waals surface area contributed by atoms with Crippen molar-refractivity contribution in [1.29, 1.82) is 0 Å². The molecule has 0 heterocycles. The van der Waals surface area contributed by atoms with Crippen LogP contribution in [-0.4, -0.2) is 29.3 Å². The third kappa shape index (κ3) is 12.6. The zero-order chi connectivity index (χ0) is 12.6. The van der Waals surface area contributed by atoms with Crippen molar-refractivity contribution in [3.8, 4) is 0 Å². The molecule has 0 aromatic rings. The number of hydrogen-bond donors (Lipinski definition) is 0. The number of rotatable bonds is 4. The number of alkyl halides is 1. The minimum atomic E-state index is -1.91. The molecule has 0 aliphatic rings. The average Bonchev–Trinajstić information content (AvgIpc) is 2.00. The van der Waals surface area contributed by atoms with Crippen LogP contribution < -0.4 is 0 Å². The molecule has 0 aliphatic heterocycles. The van der Waals surface area contributed by atoms with Crippen molar-refractivity contribution in [3.05, 3.63) is 0 Å². The van der Waals surface area contributed by atoms with Crippen LogP contribution in [-0.2, 0) is 19.2 Å². The quantitative estimate of drug-likeness (QED) is 0.661. The van der Waals surface area contributed by atoms with E-state index in [1.54, 1.807) is 0 Å². The molecule has 15 heavy (non-hydrogen) atoms. The highest BCUT2D eigenvalue weighted by Crippen LogP contribution is 1.92. The van der Waals surface area contributed by atoms with Crippen LogP contribution >= 0.6 is 0 Å². The molecule has 0 saturated carbocycles. The first-order valence-electron chi connectivity index (χ1n) is 4.32. The summed E-state index contributed by atoms with van der Waals surface area (Å²) in [5, 5.41) is 0. The van der Waals surface area contributed by atoms with Crippen LogP contribution in [0.25, 0.3) is 0 Å². The Hall–Kier alpha value is -1.39. The first-order valence-corrected chi connectivity index (χ1v) is 4.32. The van der Waals surface area contributed by atoms with E-state index in [4.69, 9.17) is 0 Å². The summed E-state index contributed by atoms with van der Waals surface area (Å²) in [6.45, 7) is 4.90. The van der Waals surface area contributed by atoms with Crippen molar-refractivity contribution in [2.45, 2.75) is 40.3 Å². The second-order valence-corrected chi connectivity index (χ2v) is 3.16. The fourth-order valence-corrected chi connectivity index (χ4v) is 0.637. The summed E-state index contributed by atoms with van der Waals surface area (Å²) in [6, 6.07) is 0. The van der Waals surface area contributed by atoms with Crippen molar-refractivity contribution in [3.63, 3.8) is 0 Å². The number of carbonyl (C=O) groups is 4. The van der Waals surface area contributed by atoms with E-state index in [-0.39, 0.29) is 18.0 Å². The summed E-state index contributed by atoms with van der Waals surface area (Å²) < 4.78 is 11.9. The van der Waals surface area contributed by atoms with E-state index in [0.29, 0.717) is 0 Å². The van der Waals surface area contributed by atoms with Gasteiger partial charge in [0.2, 0.25) is 6.17 Å². The highest BCUT2D eigenvalue weighted by Gasteiger charge is 2.16. The fraction of sp³-hybridized carbons (Fsp3) is 0.600. The maximum Gasteiger partial charge on any atom is 0.215 e. The van der Waals surface area contributed by atoms with Gasteiger partial charge in [-0.15, -0.1) is 0 Å². The van der Waals surface area contributed by atoms with Crippen LogP contribution in [0.4, 0.5) is 4.39 Å². The molecule has 0 N–H and O–H groups in total. The maximum atomic E-state index is 11.9. The Labute approximate surface area is 87.8 Å². The summed E-state index contributed by atoms with van der Waals surface area (Å²) in [4.78, 5) is 40.0. The molecule has 5 heteroatoms. The molecular formula is C10H15FO4. The normalized spacial score (nSPS) is 8.93. The zero-order valence-electron chi connectivity index (χ0n) is 9.30. The van der Waals surface area contributed by atoms with Gasteiger partial charge in [-0.1, -0.05) is 0 Å². The number of halogens is 1. The monoisotopic (exact) mass is 218 g/mol. The molecule has 0 amide bonds. The Bertz CT molecular complexity index is 245. The summed E-state index contributed by atoms with van der Waals surface area (Å²) >= 11 is 0. The van der Waals surface area contributed by atoms with Crippen LogP contribution in [0, 0.1) is 0 Å². The lowest BCUT2D eigenvalue weighted by Gasteiger charge is -1.93. The maximum absolute atomic E-state index is 11.9. The summed E-state index contributed by atoms with van der Waals surface area (Å²) in [6.07, 6.45) is -1.82. The van der Waals surface area contributed by atoms with Gasteiger partial charge in [-0.05, 0) is 27.7 Å². The zero-order valence-corrected chi connectivity index (χ0v) is 9.30. The molecule has 0 fully saturated rings. The Morgan fingerprint density at radius 3 is 1.13 bits per heavy atom. The van der Waals surface area contributed by atoms with Crippen LogP contribution in [0.15, 0.2) is 0 Å². The predicted molar refractivity (Wildman–Crippen MR) is 52.2 cm³/mol. The van der Waals surface area contributed by atoms with E-state index in [1.807, 2.05) is 0 Å². The second-order valence-electron chi connectivity index (χ2n) is 3.16. The van der Waals surface area contributed by atoms with Crippen LogP contribution in [0.5, 0.6) is 0 Å². The Balaban J connectivity index is 0. The molecule has 0 aliphatic carbocycles. The molecule has 0 aromatic heterocycles. The molecule has 0 unspecified atom stereocenters. The van der Waals surface area contributed by atoms with Gasteiger partial charge in [-0.25, -0.2) is 4.39 Å². The van der Waals surface area contributed by atoms with Crippen molar-refractivity contribution >= 4 is 23.1 Å². The lowest BCUT2D eigenvalue weighted by Crippen LogP contribution is -2.19. The summed E-state index contributed by atoms with van der Waals surface area (Å²) in [5.41, 5.74) is 0. The molecule has 0 aromatic carbocycles. The topological polar surface area (TPSA) is 68.3 Å². The van der Waals surface area contributed by atoms with Crippen molar-refractivity contribution in [2.75, 3.05) is 0 Å². The average molecular weight is 218 g/mol. The van der Waals surface area contributed by atoms with Gasteiger partial charge in [0.25, 0.3) is 0 Å². The van der Waals surface area contributed by atoms with Crippen LogP contribution in [0.3, 0.4) is 0 Å². The molecule has 0 radical (unpaired) electrons. The van der Waals surface area contributed by atoms with Crippen molar-refractivity contribution in [1.82, 2.24) is 0 Å². The molecule has 0 spiro atoms. The third-order valence-corrected chi connectivity index (χ3v) is 1.21. The van der Waals surface area contributed by atoms with E-state index in [2.05, 4.69) is 0 Å². The lowest BCUT2D eigenvalue weighted by atomic mass is 10.2. The van der Waals surface area contributed by atoms with Gasteiger partial charge in [-0.3, -0.25) is 19.2 Å². The van der Waals surface area contributed by atoms with Gasteiger partial charge in [0.05, 0.1) is 6.42 Å². The number of hydrogen-bond acceptors (Lipinski definition) is 4. The van der Waals surface area contributed by atoms with Gasteiger partial charge < -0.3 is 0 Å². The number of Topliss-reactive ketones (excluding diaryl/α,β-unsaturated/α-hetero) is 4. The van der Waals surface area contributed by atoms with E-state index >= 15 is 0 Å². The molecule has 0 atom stereocenters. The lowest BCUT2D eigenvalue weighted by molar-refractivity contribution is -0.131.